The molecule has 2 aromatic carbocycles. The van der Waals surface area contributed by atoms with Gasteiger partial charge in [0.2, 0.25) is 5.91 Å². The van der Waals surface area contributed by atoms with Crippen molar-refractivity contribution >= 4 is 28.6 Å². The molecule has 0 aliphatic rings. The van der Waals surface area contributed by atoms with Gasteiger partial charge in [-0.15, -0.1) is 10.1 Å². The van der Waals surface area contributed by atoms with E-state index in [4.69, 9.17) is 9.47 Å². The predicted octanol–water partition coefficient (Wildman–Crippen LogP) is 2.40. The Balaban J connectivity index is 1.89. The quantitative estimate of drug-likeness (QED) is 0.205. The van der Waals surface area contributed by atoms with Crippen LogP contribution in [0.5, 0.6) is 5.75 Å². The molecule has 0 radical (unpaired) electrons. The maximum Gasteiger partial charge on any atom is 0.325 e. The number of likely N-dealkylation sites (N-methyl/N-ethyl adjacent to an activating group) is 1. The molecule has 2 aromatic rings. The standard InChI is InChI=1S/C22H26N2O9/c1-23(14-21(26)32-10-3-11-33-24(29)30)20(25)9-8-19(22(27)28)17-5-4-16-13-18(31-2)7-6-15(16)12-17/h4-7,12-13,19H,3,8-11,14H2,1-2H3,(H,27,28)/t19-/m0/s1. The summed E-state index contributed by atoms with van der Waals surface area (Å²) in [4.78, 5) is 51.3. The lowest BCUT2D eigenvalue weighted by atomic mass is 9.92. The molecule has 11 heteroatoms. The number of rotatable bonds is 13. The van der Waals surface area contributed by atoms with E-state index in [1.165, 1.54) is 7.05 Å². The Morgan fingerprint density at radius 3 is 2.48 bits per heavy atom. The number of nitrogens with zero attached hydrogens (tertiary/aromatic N) is 2. The fourth-order valence-electron chi connectivity index (χ4n) is 3.19. The topological polar surface area (TPSA) is 146 Å². The molecule has 0 saturated carbocycles. The molecule has 33 heavy (non-hydrogen) atoms. The van der Waals surface area contributed by atoms with Gasteiger partial charge in [-0.25, -0.2) is 0 Å². The van der Waals surface area contributed by atoms with Gasteiger partial charge in [-0.1, -0.05) is 24.3 Å². The number of methoxy groups -OCH3 is 1. The number of fused-ring (bicyclic) bond motifs is 1. The van der Waals surface area contributed by atoms with Gasteiger partial charge in [0.25, 0.3) is 5.09 Å². The van der Waals surface area contributed by atoms with Gasteiger partial charge >= 0.3 is 11.9 Å². The van der Waals surface area contributed by atoms with Crippen LogP contribution >= 0.6 is 0 Å². The molecule has 1 atom stereocenters. The minimum atomic E-state index is -1.05. The first kappa shape index (κ1) is 25.4. The number of carboxylic acid groups (broad SMARTS) is 1. The van der Waals surface area contributed by atoms with E-state index in [-0.39, 0.29) is 39.0 Å². The zero-order valence-electron chi connectivity index (χ0n) is 18.4. The van der Waals surface area contributed by atoms with E-state index < -0.39 is 28.9 Å². The number of aliphatic carboxylic acids is 1. The van der Waals surface area contributed by atoms with Gasteiger partial charge in [0.15, 0.2) is 0 Å². The summed E-state index contributed by atoms with van der Waals surface area (Å²) >= 11 is 0. The van der Waals surface area contributed by atoms with Crippen LogP contribution in [0, 0.1) is 10.1 Å². The van der Waals surface area contributed by atoms with Crippen molar-refractivity contribution in [3.8, 4) is 5.75 Å². The Labute approximate surface area is 189 Å². The predicted molar refractivity (Wildman–Crippen MR) is 116 cm³/mol. The highest BCUT2D eigenvalue weighted by atomic mass is 16.9. The van der Waals surface area contributed by atoms with Crippen molar-refractivity contribution in [3.05, 3.63) is 52.1 Å². The smallest absolute Gasteiger partial charge is 0.325 e. The summed E-state index contributed by atoms with van der Waals surface area (Å²) in [5, 5.41) is 20.5. The number of esters is 1. The first-order valence-corrected chi connectivity index (χ1v) is 10.2. The second-order valence-corrected chi connectivity index (χ2v) is 7.28. The van der Waals surface area contributed by atoms with Crippen LogP contribution in [-0.4, -0.2) is 66.9 Å². The molecule has 0 aromatic heterocycles. The Bertz CT molecular complexity index is 1010. The van der Waals surface area contributed by atoms with E-state index in [0.29, 0.717) is 11.3 Å². The Morgan fingerprint density at radius 1 is 1.12 bits per heavy atom. The molecule has 0 heterocycles. The minimum absolute atomic E-state index is 0.0629. The van der Waals surface area contributed by atoms with Crippen LogP contribution in [-0.2, 0) is 24.0 Å². The molecule has 1 N–H and O–H groups in total. The van der Waals surface area contributed by atoms with Crippen molar-refractivity contribution in [3.63, 3.8) is 0 Å². The average molecular weight is 462 g/mol. The number of carboxylic acids is 1. The molecular formula is C22H26N2O9. The summed E-state index contributed by atoms with van der Waals surface area (Å²) in [5.41, 5.74) is 0.576. The highest BCUT2D eigenvalue weighted by Gasteiger charge is 2.23. The van der Waals surface area contributed by atoms with Gasteiger partial charge < -0.3 is 24.3 Å². The van der Waals surface area contributed by atoms with Gasteiger partial charge in [-0.05, 0) is 34.9 Å². The van der Waals surface area contributed by atoms with Crippen molar-refractivity contribution in [1.82, 2.24) is 4.90 Å². The average Bonchev–Trinajstić information content (AvgIpc) is 2.77. The van der Waals surface area contributed by atoms with Crippen LogP contribution in [0.2, 0.25) is 0 Å². The number of benzene rings is 2. The van der Waals surface area contributed by atoms with Crippen molar-refractivity contribution in [1.29, 1.82) is 0 Å². The van der Waals surface area contributed by atoms with Crippen LogP contribution in [0.3, 0.4) is 0 Å². The zero-order valence-corrected chi connectivity index (χ0v) is 18.4. The maximum absolute atomic E-state index is 12.4. The first-order chi connectivity index (χ1) is 15.7. The maximum atomic E-state index is 12.4. The Hall–Kier alpha value is -3.89. The Morgan fingerprint density at radius 2 is 1.82 bits per heavy atom. The fourth-order valence-corrected chi connectivity index (χ4v) is 3.19. The van der Waals surface area contributed by atoms with Gasteiger partial charge in [0.1, 0.15) is 12.3 Å². The molecule has 0 unspecified atom stereocenters. The number of hydrogen-bond acceptors (Lipinski definition) is 8. The first-order valence-electron chi connectivity index (χ1n) is 10.2. The lowest BCUT2D eigenvalue weighted by Gasteiger charge is -2.18. The van der Waals surface area contributed by atoms with Gasteiger partial charge in [0, 0.05) is 19.9 Å². The minimum Gasteiger partial charge on any atom is -0.497 e. The van der Waals surface area contributed by atoms with Crippen LogP contribution < -0.4 is 4.74 Å². The van der Waals surface area contributed by atoms with E-state index in [2.05, 4.69) is 4.84 Å². The van der Waals surface area contributed by atoms with E-state index in [1.807, 2.05) is 18.2 Å². The third kappa shape index (κ3) is 7.95. The summed E-state index contributed by atoms with van der Waals surface area (Å²) in [7, 11) is 2.98. The third-order valence-electron chi connectivity index (χ3n) is 4.96. The molecular weight excluding hydrogens is 436 g/mol. The van der Waals surface area contributed by atoms with Crippen molar-refractivity contribution in [2.45, 2.75) is 25.2 Å². The van der Waals surface area contributed by atoms with E-state index in [1.54, 1.807) is 25.3 Å². The lowest BCUT2D eigenvalue weighted by molar-refractivity contribution is -0.757. The third-order valence-corrected chi connectivity index (χ3v) is 4.96. The lowest BCUT2D eigenvalue weighted by Crippen LogP contribution is -2.33. The molecule has 11 nitrogen and oxygen atoms in total. The zero-order chi connectivity index (χ0) is 24.4. The van der Waals surface area contributed by atoms with Crippen LogP contribution in [0.4, 0.5) is 0 Å². The van der Waals surface area contributed by atoms with Crippen LogP contribution in [0.15, 0.2) is 36.4 Å². The highest BCUT2D eigenvalue weighted by Crippen LogP contribution is 2.28. The molecule has 0 bridgehead atoms. The van der Waals surface area contributed by atoms with E-state index in [9.17, 15) is 29.6 Å². The molecule has 0 spiro atoms. The molecule has 0 saturated heterocycles. The summed E-state index contributed by atoms with van der Waals surface area (Å²) in [6.45, 7) is -0.595. The molecule has 0 aliphatic heterocycles. The monoisotopic (exact) mass is 462 g/mol. The number of hydrogen-bond donors (Lipinski definition) is 1. The normalized spacial score (nSPS) is 11.5. The van der Waals surface area contributed by atoms with Gasteiger partial charge in [-0.3, -0.25) is 14.4 Å². The molecule has 178 valence electrons. The SMILES string of the molecule is COc1ccc2cc([C@H](CCC(=O)N(C)CC(=O)OCCCO[N+](=O)[O-])C(=O)O)ccc2c1. The van der Waals surface area contributed by atoms with Crippen molar-refractivity contribution < 1.29 is 38.9 Å². The second kappa shape index (κ2) is 12.2. The highest BCUT2D eigenvalue weighted by molar-refractivity contribution is 5.87. The summed E-state index contributed by atoms with van der Waals surface area (Å²) in [6, 6.07) is 10.8. The summed E-state index contributed by atoms with van der Waals surface area (Å²) in [5.74, 6) is -2.31. The largest absolute Gasteiger partial charge is 0.497 e. The number of ether oxygens (including phenoxy) is 2. The molecule has 0 fully saturated rings. The van der Waals surface area contributed by atoms with Crippen molar-refractivity contribution in [2.24, 2.45) is 0 Å². The fraction of sp³-hybridized carbons (Fsp3) is 0.409. The second-order valence-electron chi connectivity index (χ2n) is 7.28. The van der Waals surface area contributed by atoms with Crippen LogP contribution in [0.1, 0.15) is 30.7 Å². The number of amides is 1. The molecule has 1 amide bonds. The van der Waals surface area contributed by atoms with Gasteiger partial charge in [0.05, 0.1) is 26.2 Å². The number of carbonyl (C=O) groups is 3. The molecule has 0 aliphatic carbocycles. The summed E-state index contributed by atoms with van der Waals surface area (Å²) < 4.78 is 10.1. The number of carbonyl (C=O) groups excluding carboxylic acids is 2. The van der Waals surface area contributed by atoms with Crippen molar-refractivity contribution in [2.75, 3.05) is 33.9 Å². The van der Waals surface area contributed by atoms with Crippen LogP contribution in [0.25, 0.3) is 10.8 Å². The summed E-state index contributed by atoms with van der Waals surface area (Å²) in [6.07, 6.45) is 0.134. The molecule has 2 rings (SSSR count). The van der Waals surface area contributed by atoms with Gasteiger partial charge in [-0.2, -0.15) is 0 Å². The Kier molecular flexibility index (Phi) is 9.40. The van der Waals surface area contributed by atoms with E-state index in [0.717, 1.165) is 15.7 Å². The van der Waals surface area contributed by atoms with E-state index >= 15 is 0 Å².